The van der Waals surface area contributed by atoms with Gasteiger partial charge < -0.3 is 20.6 Å². The number of carboxylic acid groups (broad SMARTS) is 1. The Morgan fingerprint density at radius 1 is 1.67 bits per heavy atom. The summed E-state index contributed by atoms with van der Waals surface area (Å²) >= 11 is 0. The van der Waals surface area contributed by atoms with Crippen LogP contribution in [0, 0.1) is 0 Å². The number of aromatic nitrogens is 2. The molecular weight excluding hydrogens is 238 g/mol. The molecule has 0 bridgehead atoms. The Balaban J connectivity index is 0.000000360. The quantitative estimate of drug-likeness (QED) is 0.668. The number of carboxylic acids is 1. The van der Waals surface area contributed by atoms with Crippen molar-refractivity contribution in [1.29, 1.82) is 0 Å². The van der Waals surface area contributed by atoms with E-state index >= 15 is 0 Å². The van der Waals surface area contributed by atoms with Crippen LogP contribution in [0.2, 0.25) is 0 Å². The number of carbonyl (C=O) groups is 2. The third-order valence-electron chi connectivity index (χ3n) is 1.71. The molecule has 0 saturated heterocycles. The first kappa shape index (κ1) is 16.1. The van der Waals surface area contributed by atoms with Crippen molar-refractivity contribution in [3.63, 3.8) is 0 Å². The summed E-state index contributed by atoms with van der Waals surface area (Å²) in [7, 11) is 0. The molecule has 7 heteroatoms. The van der Waals surface area contributed by atoms with Gasteiger partial charge in [0.05, 0.1) is 6.33 Å². The molecular formula is C11H19N3O4. The fourth-order valence-electron chi connectivity index (χ4n) is 0.865. The Labute approximate surface area is 105 Å². The van der Waals surface area contributed by atoms with E-state index in [-0.39, 0.29) is 12.0 Å². The molecule has 0 unspecified atom stereocenters. The lowest BCUT2D eigenvalue weighted by Gasteiger charge is -2.14. The van der Waals surface area contributed by atoms with Gasteiger partial charge in [-0.15, -0.1) is 0 Å². The molecule has 0 radical (unpaired) electrons. The zero-order valence-corrected chi connectivity index (χ0v) is 10.7. The van der Waals surface area contributed by atoms with Gasteiger partial charge in [0.15, 0.2) is 0 Å². The van der Waals surface area contributed by atoms with Crippen LogP contribution in [0.5, 0.6) is 0 Å². The van der Waals surface area contributed by atoms with Crippen molar-refractivity contribution in [1.82, 2.24) is 9.97 Å². The molecule has 102 valence electrons. The summed E-state index contributed by atoms with van der Waals surface area (Å²) in [4.78, 5) is 26.4. The van der Waals surface area contributed by atoms with Gasteiger partial charge in [0.25, 0.3) is 6.47 Å². The molecule has 0 aliphatic carbocycles. The fourth-order valence-corrected chi connectivity index (χ4v) is 0.865. The van der Waals surface area contributed by atoms with Crippen molar-refractivity contribution in [2.45, 2.75) is 38.8 Å². The van der Waals surface area contributed by atoms with Gasteiger partial charge in [0.1, 0.15) is 11.6 Å². The number of H-pyrrole nitrogens is 1. The van der Waals surface area contributed by atoms with E-state index in [4.69, 9.17) is 10.8 Å². The lowest BCUT2D eigenvalue weighted by molar-refractivity contribution is -0.139. The van der Waals surface area contributed by atoms with Gasteiger partial charge in [0.2, 0.25) is 0 Å². The van der Waals surface area contributed by atoms with Crippen molar-refractivity contribution in [3.8, 4) is 0 Å². The van der Waals surface area contributed by atoms with Gasteiger partial charge in [-0.2, -0.15) is 0 Å². The summed E-state index contributed by atoms with van der Waals surface area (Å²) in [6, 6.07) is -0.851. The molecule has 0 aliphatic heterocycles. The van der Waals surface area contributed by atoms with E-state index in [1.807, 2.05) is 20.8 Å². The highest BCUT2D eigenvalue weighted by Crippen LogP contribution is 2.02. The third-order valence-corrected chi connectivity index (χ3v) is 1.71. The van der Waals surface area contributed by atoms with E-state index in [0.29, 0.717) is 6.47 Å². The van der Waals surface area contributed by atoms with Crippen LogP contribution >= 0.6 is 0 Å². The Kier molecular flexibility index (Phi) is 6.66. The van der Waals surface area contributed by atoms with Gasteiger partial charge in [-0.05, 0) is 20.8 Å². The van der Waals surface area contributed by atoms with E-state index in [0.717, 1.165) is 5.69 Å². The largest absolute Gasteiger partial charge is 0.480 e. The van der Waals surface area contributed by atoms with Crippen LogP contribution in [-0.2, 0) is 20.7 Å². The third kappa shape index (κ3) is 8.28. The second-order valence-corrected chi connectivity index (χ2v) is 4.55. The second-order valence-electron chi connectivity index (χ2n) is 4.55. The normalized spacial score (nSPS) is 12.0. The number of hydrogen-bond acceptors (Lipinski definition) is 5. The lowest BCUT2D eigenvalue weighted by Crippen LogP contribution is -2.32. The molecule has 0 saturated carbocycles. The molecule has 1 atom stereocenters. The predicted molar refractivity (Wildman–Crippen MR) is 64.8 cm³/mol. The number of aliphatic carboxylic acids is 1. The number of ether oxygens (including phenoxy) is 1. The number of nitrogens with one attached hydrogen (secondary N) is 1. The van der Waals surface area contributed by atoms with Crippen LogP contribution in [0.1, 0.15) is 26.5 Å². The summed E-state index contributed by atoms with van der Waals surface area (Å²) in [5.41, 5.74) is 5.68. The van der Waals surface area contributed by atoms with Crippen molar-refractivity contribution in [2.24, 2.45) is 5.73 Å². The van der Waals surface area contributed by atoms with E-state index in [1.165, 1.54) is 6.33 Å². The van der Waals surface area contributed by atoms with E-state index in [2.05, 4.69) is 14.7 Å². The van der Waals surface area contributed by atoms with Gasteiger partial charge >= 0.3 is 5.97 Å². The van der Waals surface area contributed by atoms with Gasteiger partial charge in [-0.25, -0.2) is 4.98 Å². The van der Waals surface area contributed by atoms with Gasteiger partial charge in [-0.1, -0.05) is 0 Å². The van der Waals surface area contributed by atoms with Crippen molar-refractivity contribution < 1.29 is 19.4 Å². The number of imidazole rings is 1. The lowest BCUT2D eigenvalue weighted by atomic mass is 10.2. The molecule has 0 aliphatic rings. The molecule has 1 aromatic heterocycles. The maximum atomic E-state index is 10.3. The molecule has 1 heterocycles. The van der Waals surface area contributed by atoms with Crippen molar-refractivity contribution >= 4 is 12.4 Å². The van der Waals surface area contributed by atoms with Gasteiger partial charge in [0, 0.05) is 18.3 Å². The minimum atomic E-state index is -1.00. The molecule has 18 heavy (non-hydrogen) atoms. The minimum absolute atomic E-state index is 0.287. The molecule has 0 spiro atoms. The van der Waals surface area contributed by atoms with Crippen LogP contribution in [-0.4, -0.2) is 39.2 Å². The first-order chi connectivity index (χ1) is 8.26. The number of carbonyl (C=O) groups excluding carboxylic acids is 1. The van der Waals surface area contributed by atoms with Crippen LogP contribution in [0.15, 0.2) is 12.5 Å². The maximum absolute atomic E-state index is 10.3. The van der Waals surface area contributed by atoms with Crippen molar-refractivity contribution in [3.05, 3.63) is 18.2 Å². The molecule has 4 N–H and O–H groups in total. The summed E-state index contributed by atoms with van der Waals surface area (Å²) in [6.45, 7) is 5.92. The smallest absolute Gasteiger partial charge is 0.320 e. The number of hydrogen-bond donors (Lipinski definition) is 3. The van der Waals surface area contributed by atoms with E-state index in [9.17, 15) is 9.59 Å². The zero-order valence-electron chi connectivity index (χ0n) is 10.7. The maximum Gasteiger partial charge on any atom is 0.320 e. The van der Waals surface area contributed by atoms with Crippen LogP contribution in [0.3, 0.4) is 0 Å². The first-order valence-corrected chi connectivity index (χ1v) is 5.33. The summed E-state index contributed by atoms with van der Waals surface area (Å²) < 4.78 is 4.55. The Morgan fingerprint density at radius 2 is 2.28 bits per heavy atom. The Morgan fingerprint density at radius 3 is 2.56 bits per heavy atom. The average molecular weight is 257 g/mol. The highest BCUT2D eigenvalue weighted by Gasteiger charge is 2.12. The first-order valence-electron chi connectivity index (χ1n) is 5.33. The monoisotopic (exact) mass is 257 g/mol. The van der Waals surface area contributed by atoms with Crippen LogP contribution in [0.4, 0.5) is 0 Å². The highest BCUT2D eigenvalue weighted by atomic mass is 16.5. The molecule has 0 aromatic carbocycles. The molecule has 7 nitrogen and oxygen atoms in total. The topological polar surface area (TPSA) is 118 Å². The number of nitrogens with two attached hydrogens (primary N) is 1. The summed E-state index contributed by atoms with van der Waals surface area (Å²) in [5.74, 6) is -1.00. The van der Waals surface area contributed by atoms with E-state index in [1.54, 1.807) is 6.20 Å². The highest BCUT2D eigenvalue weighted by molar-refractivity contribution is 5.73. The molecule has 1 aromatic rings. The standard InChI is InChI=1S/C6H9N3O2.C5H10O2/c7-5(6(10)11)1-4-2-8-3-9-4;1-5(2,3)7-4-6/h2-3,5H,1,7H2,(H,8,9)(H,10,11);4H,1-3H3/t5-;/m0./s1. The van der Waals surface area contributed by atoms with Gasteiger partial charge in [-0.3, -0.25) is 9.59 Å². The molecule has 0 fully saturated rings. The summed E-state index contributed by atoms with van der Waals surface area (Å²) in [6.07, 6.45) is 3.34. The van der Waals surface area contributed by atoms with Crippen molar-refractivity contribution in [2.75, 3.05) is 0 Å². The number of rotatable bonds is 4. The Bertz CT molecular complexity index is 357. The van der Waals surface area contributed by atoms with Crippen LogP contribution in [0.25, 0.3) is 0 Å². The molecule has 1 rings (SSSR count). The molecule has 0 amide bonds. The summed E-state index contributed by atoms with van der Waals surface area (Å²) in [5, 5.41) is 8.42. The number of nitrogens with zero attached hydrogens (tertiary/aromatic N) is 1. The van der Waals surface area contributed by atoms with E-state index < -0.39 is 12.0 Å². The fraction of sp³-hybridized carbons (Fsp3) is 0.545. The minimum Gasteiger partial charge on any atom is -0.480 e. The predicted octanol–water partition coefficient (Wildman–Crippen LogP) is 0.322. The second kappa shape index (κ2) is 7.44. The SMILES string of the molecule is CC(C)(C)OC=O.N[C@@H](Cc1cnc[nH]1)C(=O)O. The van der Waals surface area contributed by atoms with Crippen LogP contribution < -0.4 is 5.73 Å². The zero-order chi connectivity index (χ0) is 14.2. The Hall–Kier alpha value is -1.89. The number of aromatic amines is 1. The average Bonchev–Trinajstić information content (AvgIpc) is 2.69.